The van der Waals surface area contributed by atoms with Gasteiger partial charge in [0.2, 0.25) is 0 Å². The third kappa shape index (κ3) is 53.0. The van der Waals surface area contributed by atoms with Gasteiger partial charge in [0.25, 0.3) is 0 Å². The molecule has 0 radical (unpaired) electrons. The smallest absolute Gasteiger partial charge is 0.306 e. The van der Waals surface area contributed by atoms with Gasteiger partial charge in [-0.25, -0.2) is 0 Å². The molecule has 0 saturated carbocycles. The third-order valence-electron chi connectivity index (χ3n) is 13.3. The summed E-state index contributed by atoms with van der Waals surface area (Å²) >= 11 is 0. The Morgan fingerprint density at radius 1 is 0.292 bits per heavy atom. The fourth-order valence-corrected chi connectivity index (χ4v) is 8.85. The molecule has 0 aliphatic heterocycles. The highest BCUT2D eigenvalue weighted by atomic mass is 16.6. The van der Waals surface area contributed by atoms with Crippen LogP contribution in [0.2, 0.25) is 0 Å². The average molecular weight is 918 g/mol. The van der Waals surface area contributed by atoms with E-state index in [-0.39, 0.29) is 31.1 Å². The number of carbonyl (C=O) groups excluding carboxylic acids is 3. The van der Waals surface area contributed by atoms with Crippen LogP contribution in [0.15, 0.2) is 12.2 Å². The molecule has 0 saturated heterocycles. The lowest BCUT2D eigenvalue weighted by Gasteiger charge is -2.18. The number of allylic oxidation sites excluding steroid dienone is 2. The van der Waals surface area contributed by atoms with Crippen LogP contribution < -0.4 is 0 Å². The van der Waals surface area contributed by atoms with E-state index in [9.17, 15) is 14.4 Å². The van der Waals surface area contributed by atoms with E-state index < -0.39 is 6.10 Å². The Kier molecular flexibility index (Phi) is 53.2. The van der Waals surface area contributed by atoms with Crippen molar-refractivity contribution in [2.45, 2.75) is 335 Å². The van der Waals surface area contributed by atoms with Gasteiger partial charge >= 0.3 is 17.9 Å². The maximum atomic E-state index is 12.8. The molecule has 0 bridgehead atoms. The Bertz CT molecular complexity index is 1010. The molecule has 0 spiro atoms. The minimum Gasteiger partial charge on any atom is -0.462 e. The highest BCUT2D eigenvalue weighted by molar-refractivity contribution is 5.71. The number of hydrogen-bond donors (Lipinski definition) is 0. The average Bonchev–Trinajstić information content (AvgIpc) is 3.30. The Balaban J connectivity index is 4.29. The number of rotatable bonds is 54. The van der Waals surface area contributed by atoms with Gasteiger partial charge in [-0.3, -0.25) is 14.4 Å². The second-order valence-corrected chi connectivity index (χ2v) is 19.9. The number of ether oxygens (including phenoxy) is 3. The van der Waals surface area contributed by atoms with E-state index in [1.165, 1.54) is 231 Å². The molecule has 1 unspecified atom stereocenters. The van der Waals surface area contributed by atoms with Gasteiger partial charge in [-0.1, -0.05) is 277 Å². The molecule has 6 heteroatoms. The van der Waals surface area contributed by atoms with Crippen LogP contribution in [0.3, 0.4) is 0 Å². The van der Waals surface area contributed by atoms with Crippen LogP contribution >= 0.6 is 0 Å². The quantitative estimate of drug-likeness (QED) is 0.0262. The Morgan fingerprint density at radius 3 is 0.769 bits per heavy atom. The summed E-state index contributed by atoms with van der Waals surface area (Å²) in [5, 5.41) is 0. The van der Waals surface area contributed by atoms with Gasteiger partial charge in [0.1, 0.15) is 13.2 Å². The van der Waals surface area contributed by atoms with E-state index in [1.807, 2.05) is 0 Å². The maximum absolute atomic E-state index is 12.8. The number of esters is 3. The van der Waals surface area contributed by atoms with Crippen LogP contribution in [0.4, 0.5) is 0 Å². The zero-order valence-corrected chi connectivity index (χ0v) is 44.0. The van der Waals surface area contributed by atoms with Crippen LogP contribution in [0.5, 0.6) is 0 Å². The molecule has 0 aliphatic rings. The van der Waals surface area contributed by atoms with Crippen molar-refractivity contribution in [3.8, 4) is 0 Å². The minimum atomic E-state index is -0.765. The van der Waals surface area contributed by atoms with Crippen molar-refractivity contribution in [3.63, 3.8) is 0 Å². The SMILES string of the molecule is CCCCCCCCCC/C=C\CCCCCCCCCC(=O)OCC(COC(=O)CCCCCCCCCCCCCC)OC(=O)CCCCCCCCCCCCCCCCCC. The molecule has 0 aromatic rings. The van der Waals surface area contributed by atoms with Gasteiger partial charge in [0.05, 0.1) is 0 Å². The number of hydrogen-bond acceptors (Lipinski definition) is 6. The summed E-state index contributed by atoms with van der Waals surface area (Å²) in [7, 11) is 0. The Labute approximate surface area is 405 Å². The summed E-state index contributed by atoms with van der Waals surface area (Å²) in [5.41, 5.74) is 0. The lowest BCUT2D eigenvalue weighted by atomic mass is 10.0. The molecule has 0 aromatic heterocycles. The van der Waals surface area contributed by atoms with Gasteiger partial charge in [0, 0.05) is 19.3 Å². The standard InChI is InChI=1S/C59H112O6/c1-4-7-10-13-16-19-22-25-27-29-30-31-33-34-37-40-43-46-49-52-58(61)64-55-56(54-63-57(60)51-48-45-42-39-36-24-21-18-15-12-9-6-3)65-59(62)53-50-47-44-41-38-35-32-28-26-23-20-17-14-11-8-5-2/h29-30,56H,4-28,31-55H2,1-3H3/b30-29-. The molecule has 0 N–H and O–H groups in total. The number of unbranched alkanes of at least 4 members (excludes halogenated alkanes) is 41. The molecule has 6 nitrogen and oxygen atoms in total. The topological polar surface area (TPSA) is 78.9 Å². The fraction of sp³-hybridized carbons (Fsp3) is 0.915. The monoisotopic (exact) mass is 917 g/mol. The molecule has 0 aromatic carbocycles. The molecular weight excluding hydrogens is 805 g/mol. The summed E-state index contributed by atoms with van der Waals surface area (Å²) in [6.07, 6.45) is 62.0. The molecule has 384 valence electrons. The van der Waals surface area contributed by atoms with E-state index in [2.05, 4.69) is 32.9 Å². The van der Waals surface area contributed by atoms with Crippen LogP contribution in [0.1, 0.15) is 329 Å². The van der Waals surface area contributed by atoms with E-state index in [0.29, 0.717) is 19.3 Å². The lowest BCUT2D eigenvalue weighted by Crippen LogP contribution is -2.30. The third-order valence-corrected chi connectivity index (χ3v) is 13.3. The van der Waals surface area contributed by atoms with Gasteiger partial charge in [-0.15, -0.1) is 0 Å². The first-order chi connectivity index (χ1) is 32.0. The normalized spacial score (nSPS) is 12.0. The summed E-state index contributed by atoms with van der Waals surface area (Å²) in [6.45, 7) is 6.69. The van der Waals surface area contributed by atoms with E-state index in [1.54, 1.807) is 0 Å². The largest absolute Gasteiger partial charge is 0.462 e. The van der Waals surface area contributed by atoms with E-state index in [0.717, 1.165) is 57.8 Å². The summed E-state index contributed by atoms with van der Waals surface area (Å²) in [5.74, 6) is -0.846. The lowest BCUT2D eigenvalue weighted by molar-refractivity contribution is -0.167. The summed E-state index contributed by atoms with van der Waals surface area (Å²) < 4.78 is 16.9. The first-order valence-corrected chi connectivity index (χ1v) is 29.2. The molecule has 0 aliphatic carbocycles. The van der Waals surface area contributed by atoms with E-state index >= 15 is 0 Å². The van der Waals surface area contributed by atoms with Crippen LogP contribution in [-0.2, 0) is 28.6 Å². The predicted molar refractivity (Wildman–Crippen MR) is 280 cm³/mol. The molecule has 0 heterocycles. The van der Waals surface area contributed by atoms with Crippen molar-refractivity contribution in [2.24, 2.45) is 0 Å². The highest BCUT2D eigenvalue weighted by Crippen LogP contribution is 2.17. The van der Waals surface area contributed by atoms with Crippen LogP contribution in [0, 0.1) is 0 Å². The zero-order valence-electron chi connectivity index (χ0n) is 44.0. The molecule has 0 fully saturated rings. The summed E-state index contributed by atoms with van der Waals surface area (Å²) in [4.78, 5) is 38.1. The van der Waals surface area contributed by atoms with Crippen molar-refractivity contribution in [3.05, 3.63) is 12.2 Å². The van der Waals surface area contributed by atoms with E-state index in [4.69, 9.17) is 14.2 Å². The summed E-state index contributed by atoms with van der Waals surface area (Å²) in [6, 6.07) is 0. The zero-order chi connectivity index (χ0) is 47.2. The molecule has 0 amide bonds. The Hall–Kier alpha value is -1.85. The van der Waals surface area contributed by atoms with Gasteiger partial charge in [-0.2, -0.15) is 0 Å². The van der Waals surface area contributed by atoms with Crippen molar-refractivity contribution < 1.29 is 28.6 Å². The molecule has 1 atom stereocenters. The first kappa shape index (κ1) is 63.1. The predicted octanol–water partition coefficient (Wildman–Crippen LogP) is 19.3. The molecule has 65 heavy (non-hydrogen) atoms. The van der Waals surface area contributed by atoms with Crippen LogP contribution in [-0.4, -0.2) is 37.2 Å². The van der Waals surface area contributed by atoms with Gasteiger partial charge in [0.15, 0.2) is 6.10 Å². The first-order valence-electron chi connectivity index (χ1n) is 29.2. The van der Waals surface area contributed by atoms with Crippen molar-refractivity contribution >= 4 is 17.9 Å². The molecular formula is C59H112O6. The van der Waals surface area contributed by atoms with Crippen molar-refractivity contribution in [1.29, 1.82) is 0 Å². The Morgan fingerprint density at radius 2 is 0.508 bits per heavy atom. The van der Waals surface area contributed by atoms with Gasteiger partial charge in [-0.05, 0) is 44.9 Å². The molecule has 0 rings (SSSR count). The second kappa shape index (κ2) is 54.8. The van der Waals surface area contributed by atoms with Crippen molar-refractivity contribution in [1.82, 2.24) is 0 Å². The highest BCUT2D eigenvalue weighted by Gasteiger charge is 2.19. The van der Waals surface area contributed by atoms with Crippen LogP contribution in [0.25, 0.3) is 0 Å². The fourth-order valence-electron chi connectivity index (χ4n) is 8.85. The second-order valence-electron chi connectivity index (χ2n) is 19.9. The maximum Gasteiger partial charge on any atom is 0.306 e. The van der Waals surface area contributed by atoms with Crippen molar-refractivity contribution in [2.75, 3.05) is 13.2 Å². The van der Waals surface area contributed by atoms with Gasteiger partial charge < -0.3 is 14.2 Å². The minimum absolute atomic E-state index is 0.0654. The number of carbonyl (C=O) groups is 3.